The number of aliphatic hydroxyl groups is 1. The number of ether oxygens (including phenoxy) is 2. The summed E-state index contributed by atoms with van der Waals surface area (Å²) >= 11 is 1.69. The molecule has 1 fully saturated rings. The Balaban J connectivity index is 1.32. The van der Waals surface area contributed by atoms with Crippen molar-refractivity contribution in [2.45, 2.75) is 88.4 Å². The van der Waals surface area contributed by atoms with Crippen molar-refractivity contribution in [2.75, 3.05) is 11.1 Å². The zero-order valence-electron chi connectivity index (χ0n) is 26.1. The molecule has 0 bridgehead atoms. The number of hydroxylamine groups is 1. The quantitative estimate of drug-likeness (QED) is 0.0555. The van der Waals surface area contributed by atoms with Crippen LogP contribution in [0.2, 0.25) is 0 Å². The number of anilines is 1. The Bertz CT molecular complexity index is 1400. The summed E-state index contributed by atoms with van der Waals surface area (Å²) in [6.45, 7) is 1.89. The number of amides is 3. The molecule has 11 heteroatoms. The fourth-order valence-corrected chi connectivity index (χ4v) is 6.03. The first-order valence-corrected chi connectivity index (χ1v) is 16.6. The lowest BCUT2D eigenvalue weighted by Gasteiger charge is -2.36. The van der Waals surface area contributed by atoms with Crippen LogP contribution in [0.3, 0.4) is 0 Å². The number of unbranched alkanes of at least 4 members (excludes halogenated alkanes) is 3. The lowest BCUT2D eigenvalue weighted by Crippen LogP contribution is -2.31. The van der Waals surface area contributed by atoms with Crippen LogP contribution in [0.1, 0.15) is 86.5 Å². The fraction of sp³-hybridized carbons (Fsp3) is 0.400. The summed E-state index contributed by atoms with van der Waals surface area (Å²) in [5.41, 5.74) is 6.10. The Morgan fingerprint density at radius 3 is 2.07 bits per heavy atom. The van der Waals surface area contributed by atoms with Gasteiger partial charge in [0, 0.05) is 54.6 Å². The van der Waals surface area contributed by atoms with Crippen molar-refractivity contribution in [3.05, 3.63) is 95.1 Å². The molecule has 1 aliphatic heterocycles. The number of hydrogen-bond acceptors (Lipinski definition) is 8. The normalized spacial score (nSPS) is 17.7. The van der Waals surface area contributed by atoms with Crippen LogP contribution in [0, 0.1) is 0 Å². The average molecular weight is 650 g/mol. The highest BCUT2D eigenvalue weighted by Gasteiger charge is 2.32. The summed E-state index contributed by atoms with van der Waals surface area (Å²) in [6, 6.07) is 23.4. The van der Waals surface area contributed by atoms with Gasteiger partial charge in [0.15, 0.2) is 6.29 Å². The van der Waals surface area contributed by atoms with Crippen LogP contribution in [0.5, 0.6) is 0 Å². The zero-order valence-corrected chi connectivity index (χ0v) is 26.9. The Labute approximate surface area is 274 Å². The minimum Gasteiger partial charge on any atom is -0.392 e. The third-order valence-corrected chi connectivity index (χ3v) is 8.79. The molecular formula is C35H43N3O7S. The summed E-state index contributed by atoms with van der Waals surface area (Å²) in [5, 5.41) is 23.8. The van der Waals surface area contributed by atoms with Crippen LogP contribution in [-0.4, -0.2) is 39.9 Å². The van der Waals surface area contributed by atoms with E-state index >= 15 is 0 Å². The maximum atomic E-state index is 12.3. The molecule has 0 spiro atoms. The van der Waals surface area contributed by atoms with Crippen LogP contribution in [0.15, 0.2) is 77.7 Å². The molecule has 3 amide bonds. The van der Waals surface area contributed by atoms with Gasteiger partial charge in [-0.1, -0.05) is 61.4 Å². The second-order valence-corrected chi connectivity index (χ2v) is 12.4. The molecule has 0 radical (unpaired) electrons. The third-order valence-electron chi connectivity index (χ3n) is 7.65. The van der Waals surface area contributed by atoms with Crippen molar-refractivity contribution in [1.82, 2.24) is 10.8 Å². The summed E-state index contributed by atoms with van der Waals surface area (Å²) in [5.74, 6) is 0.203. The number of hydrogen-bond donors (Lipinski definition) is 5. The topological polar surface area (TPSA) is 146 Å². The minimum absolute atomic E-state index is 0.0161. The van der Waals surface area contributed by atoms with Crippen LogP contribution in [0.4, 0.5) is 5.69 Å². The summed E-state index contributed by atoms with van der Waals surface area (Å²) in [6.07, 6.45) is 3.63. The van der Waals surface area contributed by atoms with Crippen molar-refractivity contribution in [3.63, 3.8) is 0 Å². The van der Waals surface area contributed by atoms with E-state index in [0.717, 1.165) is 52.1 Å². The first-order valence-electron chi connectivity index (χ1n) is 15.6. The van der Waals surface area contributed by atoms with Gasteiger partial charge >= 0.3 is 0 Å². The van der Waals surface area contributed by atoms with E-state index in [0.29, 0.717) is 31.6 Å². The number of aliphatic hydroxyl groups excluding tert-OH is 1. The lowest BCUT2D eigenvalue weighted by molar-refractivity contribution is -0.245. The van der Waals surface area contributed by atoms with Gasteiger partial charge in [-0.3, -0.25) is 19.6 Å². The Morgan fingerprint density at radius 2 is 1.43 bits per heavy atom. The molecule has 1 saturated heterocycles. The molecule has 10 nitrogen and oxygen atoms in total. The van der Waals surface area contributed by atoms with Crippen molar-refractivity contribution in [3.8, 4) is 0 Å². The van der Waals surface area contributed by atoms with Crippen LogP contribution < -0.4 is 16.1 Å². The molecule has 3 atom stereocenters. The molecule has 5 N–H and O–H groups in total. The van der Waals surface area contributed by atoms with Crippen LogP contribution in [-0.2, 0) is 37.0 Å². The molecule has 3 aromatic rings. The monoisotopic (exact) mass is 649 g/mol. The molecular weight excluding hydrogens is 606 g/mol. The minimum atomic E-state index is -0.573. The van der Waals surface area contributed by atoms with Crippen LogP contribution in [0.25, 0.3) is 0 Å². The molecule has 1 heterocycles. The summed E-state index contributed by atoms with van der Waals surface area (Å²) < 4.78 is 12.9. The predicted molar refractivity (Wildman–Crippen MR) is 176 cm³/mol. The first kappa shape index (κ1) is 35.1. The second kappa shape index (κ2) is 18.4. The molecule has 0 aliphatic carbocycles. The van der Waals surface area contributed by atoms with E-state index in [4.69, 9.17) is 14.7 Å². The van der Waals surface area contributed by atoms with Gasteiger partial charge < -0.3 is 25.2 Å². The summed E-state index contributed by atoms with van der Waals surface area (Å²) in [4.78, 5) is 35.8. The number of carbonyl (C=O) groups excluding carboxylic acids is 3. The van der Waals surface area contributed by atoms with Crippen molar-refractivity contribution in [2.24, 2.45) is 0 Å². The smallest absolute Gasteiger partial charge is 0.243 e. The van der Waals surface area contributed by atoms with Gasteiger partial charge in [-0.25, -0.2) is 5.48 Å². The number of rotatable bonds is 16. The van der Waals surface area contributed by atoms with E-state index < -0.39 is 6.29 Å². The molecule has 0 aromatic heterocycles. The Hall–Kier alpha value is -3.74. The fourth-order valence-electron chi connectivity index (χ4n) is 5.11. The molecule has 3 unspecified atom stereocenters. The zero-order chi connectivity index (χ0) is 32.7. The molecule has 1 aliphatic rings. The number of benzene rings is 3. The van der Waals surface area contributed by atoms with Crippen molar-refractivity contribution in [1.29, 1.82) is 0 Å². The van der Waals surface area contributed by atoms with E-state index in [9.17, 15) is 19.5 Å². The van der Waals surface area contributed by atoms with E-state index in [2.05, 4.69) is 10.6 Å². The van der Waals surface area contributed by atoms with E-state index in [-0.39, 0.29) is 43.0 Å². The maximum Gasteiger partial charge on any atom is 0.243 e. The van der Waals surface area contributed by atoms with Gasteiger partial charge in [0.2, 0.25) is 17.7 Å². The number of carbonyl (C=O) groups is 3. The SMILES string of the molecule is CC(=O)Nc1ccc(SCC2CC(c3ccc(CO)cc3)OC(c3ccc(CNC(=O)CCCCCCC(=O)NO)cc3)O2)cc1. The van der Waals surface area contributed by atoms with Gasteiger partial charge in [0.1, 0.15) is 0 Å². The van der Waals surface area contributed by atoms with Gasteiger partial charge in [0.25, 0.3) is 0 Å². The molecule has 246 valence electrons. The van der Waals surface area contributed by atoms with Gasteiger partial charge in [-0.2, -0.15) is 0 Å². The highest BCUT2D eigenvalue weighted by Crippen LogP contribution is 2.39. The lowest BCUT2D eigenvalue weighted by atomic mass is 10.0. The third kappa shape index (κ3) is 11.6. The second-order valence-electron chi connectivity index (χ2n) is 11.3. The number of nitrogens with one attached hydrogen (secondary N) is 3. The van der Waals surface area contributed by atoms with Crippen molar-refractivity contribution >= 4 is 35.2 Å². The Kier molecular flexibility index (Phi) is 14.1. The maximum absolute atomic E-state index is 12.3. The predicted octanol–water partition coefficient (Wildman–Crippen LogP) is 5.94. The molecule has 4 rings (SSSR count). The molecule has 3 aromatic carbocycles. The number of thioether (sulfide) groups is 1. The van der Waals surface area contributed by atoms with E-state index in [1.54, 1.807) is 17.2 Å². The van der Waals surface area contributed by atoms with Gasteiger partial charge in [-0.05, 0) is 53.8 Å². The van der Waals surface area contributed by atoms with Gasteiger partial charge in [-0.15, -0.1) is 11.8 Å². The van der Waals surface area contributed by atoms with E-state index in [1.165, 1.54) is 6.92 Å². The largest absolute Gasteiger partial charge is 0.392 e. The highest BCUT2D eigenvalue weighted by atomic mass is 32.2. The standard InChI is InChI=1S/C35H43N3O7S/c1-24(40)37-29-16-18-31(19-17-29)46-23-30-20-32(27-12-10-26(22-39)11-13-27)45-35(44-30)28-14-8-25(9-15-28)21-36-33(41)6-4-2-3-5-7-34(42)38-43/h8-19,30,32,35,39,43H,2-7,20-23H2,1H3,(H,36,41)(H,37,40)(H,38,42). The average Bonchev–Trinajstić information content (AvgIpc) is 3.08. The van der Waals surface area contributed by atoms with Gasteiger partial charge in [0.05, 0.1) is 18.8 Å². The van der Waals surface area contributed by atoms with Crippen LogP contribution >= 0.6 is 11.8 Å². The Morgan fingerprint density at radius 1 is 0.804 bits per heavy atom. The highest BCUT2D eigenvalue weighted by molar-refractivity contribution is 7.99. The molecule has 46 heavy (non-hydrogen) atoms. The first-order chi connectivity index (χ1) is 22.3. The summed E-state index contributed by atoms with van der Waals surface area (Å²) in [7, 11) is 0. The van der Waals surface area contributed by atoms with E-state index in [1.807, 2.05) is 72.8 Å². The molecule has 0 saturated carbocycles. The van der Waals surface area contributed by atoms with Crippen molar-refractivity contribution < 1.29 is 34.2 Å².